The Morgan fingerprint density at radius 3 is 2.96 bits per heavy atom. The van der Waals surface area contributed by atoms with Gasteiger partial charge in [0.25, 0.3) is 11.5 Å². The summed E-state index contributed by atoms with van der Waals surface area (Å²) in [5, 5.41) is 0. The number of carbonyl (C=O) groups excluding carboxylic acids is 1. The summed E-state index contributed by atoms with van der Waals surface area (Å²) in [5.74, 6) is -0.293. The number of hydrogen-bond acceptors (Lipinski definition) is 4. The van der Waals surface area contributed by atoms with Crippen molar-refractivity contribution < 1.29 is 4.79 Å². The number of amides is 1. The number of nitrogens with zero attached hydrogens (tertiary/aromatic N) is 3. The van der Waals surface area contributed by atoms with Crippen molar-refractivity contribution in [2.24, 2.45) is 0 Å². The normalized spacial score (nSPS) is 17.1. The number of para-hydroxylation sites is 2. The highest BCUT2D eigenvalue weighted by molar-refractivity contribution is 5.94. The van der Waals surface area contributed by atoms with Crippen LogP contribution in [0.4, 0.5) is 0 Å². The van der Waals surface area contributed by atoms with Crippen molar-refractivity contribution in [3.05, 3.63) is 70.4 Å². The number of hydrogen-bond donors (Lipinski definition) is 1. The zero-order chi connectivity index (χ0) is 17.2. The van der Waals surface area contributed by atoms with Crippen molar-refractivity contribution in [2.75, 3.05) is 6.54 Å². The van der Waals surface area contributed by atoms with E-state index in [0.29, 0.717) is 17.6 Å². The Kier molecular flexibility index (Phi) is 4.01. The van der Waals surface area contributed by atoms with E-state index >= 15 is 0 Å². The molecule has 0 spiro atoms. The van der Waals surface area contributed by atoms with Crippen LogP contribution in [0, 0.1) is 0 Å². The third-order valence-electron chi connectivity index (χ3n) is 4.63. The molecule has 0 bridgehead atoms. The average Bonchev–Trinajstić information content (AvgIpc) is 3.09. The van der Waals surface area contributed by atoms with E-state index in [4.69, 9.17) is 0 Å². The fraction of sp³-hybridized carbons (Fsp3) is 0.263. The van der Waals surface area contributed by atoms with Gasteiger partial charge < -0.3 is 9.88 Å². The van der Waals surface area contributed by atoms with Crippen molar-refractivity contribution in [3.8, 4) is 0 Å². The molecule has 6 heteroatoms. The van der Waals surface area contributed by atoms with Gasteiger partial charge in [0.05, 0.1) is 11.0 Å². The fourth-order valence-electron chi connectivity index (χ4n) is 3.42. The zero-order valence-corrected chi connectivity index (χ0v) is 13.7. The lowest BCUT2D eigenvalue weighted by atomic mass is 10.1. The molecule has 6 nitrogen and oxygen atoms in total. The number of aromatic amines is 1. The molecule has 1 aliphatic heterocycles. The number of likely N-dealkylation sites (tertiary alicyclic amines) is 1. The Bertz CT molecular complexity index is 968. The van der Waals surface area contributed by atoms with Crippen LogP contribution in [0.3, 0.4) is 0 Å². The molecule has 1 amide bonds. The van der Waals surface area contributed by atoms with Gasteiger partial charge in [-0.1, -0.05) is 18.2 Å². The molecule has 3 heterocycles. The molecule has 3 aromatic rings. The lowest BCUT2D eigenvalue weighted by Crippen LogP contribution is -2.40. The molecule has 1 saturated heterocycles. The standard InChI is InChI=1S/C19H18N4O2/c24-18-17(21-15-7-1-2-8-16(15)22-18)19(25)23-10-4-6-14(23)11-13-5-3-9-20-12-13/h1-3,5,7-9,12,14H,4,6,10-11H2,(H,22,24). The third kappa shape index (κ3) is 3.03. The minimum absolute atomic E-state index is 0.0308. The van der Waals surface area contributed by atoms with Crippen LogP contribution in [0.25, 0.3) is 11.0 Å². The first-order valence-corrected chi connectivity index (χ1v) is 8.41. The van der Waals surface area contributed by atoms with Crippen molar-refractivity contribution in [3.63, 3.8) is 0 Å². The Morgan fingerprint density at radius 1 is 1.24 bits per heavy atom. The van der Waals surface area contributed by atoms with E-state index in [1.807, 2.05) is 30.5 Å². The van der Waals surface area contributed by atoms with Crippen LogP contribution in [0.1, 0.15) is 28.9 Å². The third-order valence-corrected chi connectivity index (χ3v) is 4.63. The van der Waals surface area contributed by atoms with E-state index in [1.165, 1.54) is 0 Å². The quantitative estimate of drug-likeness (QED) is 0.796. The van der Waals surface area contributed by atoms with Crippen molar-refractivity contribution in [1.29, 1.82) is 0 Å². The minimum atomic E-state index is -0.435. The van der Waals surface area contributed by atoms with Crippen molar-refractivity contribution in [2.45, 2.75) is 25.3 Å². The molecule has 4 rings (SSSR count). The number of benzene rings is 1. The number of aromatic nitrogens is 3. The van der Waals surface area contributed by atoms with Gasteiger partial charge in [-0.25, -0.2) is 4.98 Å². The fourth-order valence-corrected chi connectivity index (χ4v) is 3.42. The average molecular weight is 334 g/mol. The first-order valence-electron chi connectivity index (χ1n) is 8.41. The maximum atomic E-state index is 12.9. The van der Waals surface area contributed by atoms with Gasteiger partial charge in [-0.15, -0.1) is 0 Å². The van der Waals surface area contributed by atoms with E-state index in [-0.39, 0.29) is 17.6 Å². The van der Waals surface area contributed by atoms with Crippen LogP contribution in [-0.4, -0.2) is 38.3 Å². The summed E-state index contributed by atoms with van der Waals surface area (Å²) in [4.78, 5) is 38.2. The number of fused-ring (bicyclic) bond motifs is 1. The first-order chi connectivity index (χ1) is 12.2. The van der Waals surface area contributed by atoms with Crippen molar-refractivity contribution in [1.82, 2.24) is 19.9 Å². The predicted octanol–water partition coefficient (Wildman–Crippen LogP) is 2.17. The van der Waals surface area contributed by atoms with Crippen LogP contribution >= 0.6 is 0 Å². The van der Waals surface area contributed by atoms with Crippen LogP contribution in [0.5, 0.6) is 0 Å². The minimum Gasteiger partial charge on any atom is -0.334 e. The van der Waals surface area contributed by atoms with Crippen LogP contribution in [-0.2, 0) is 6.42 Å². The Morgan fingerprint density at radius 2 is 2.12 bits per heavy atom. The van der Waals surface area contributed by atoms with Crippen LogP contribution in [0.15, 0.2) is 53.6 Å². The van der Waals surface area contributed by atoms with Gasteiger partial charge in [-0.05, 0) is 43.0 Å². The van der Waals surface area contributed by atoms with Gasteiger partial charge >= 0.3 is 0 Å². The van der Waals surface area contributed by atoms with E-state index in [9.17, 15) is 9.59 Å². The number of nitrogens with one attached hydrogen (secondary N) is 1. The molecule has 1 unspecified atom stereocenters. The molecule has 0 radical (unpaired) electrons. The smallest absolute Gasteiger partial charge is 0.280 e. The predicted molar refractivity (Wildman–Crippen MR) is 94.4 cm³/mol. The number of rotatable bonds is 3. The Balaban J connectivity index is 1.63. The zero-order valence-electron chi connectivity index (χ0n) is 13.7. The Hall–Kier alpha value is -3.02. The van der Waals surface area contributed by atoms with Gasteiger partial charge in [-0.3, -0.25) is 14.6 Å². The molecule has 1 N–H and O–H groups in total. The molecule has 2 aromatic heterocycles. The Labute approximate surface area is 144 Å². The molecule has 25 heavy (non-hydrogen) atoms. The molecule has 0 saturated carbocycles. The van der Waals surface area contributed by atoms with Crippen LogP contribution < -0.4 is 5.56 Å². The second kappa shape index (κ2) is 6.47. The van der Waals surface area contributed by atoms with Gasteiger partial charge in [0, 0.05) is 25.0 Å². The van der Waals surface area contributed by atoms with E-state index in [1.54, 1.807) is 23.2 Å². The molecule has 126 valence electrons. The van der Waals surface area contributed by atoms with Gasteiger partial charge in [0.2, 0.25) is 0 Å². The summed E-state index contributed by atoms with van der Waals surface area (Å²) in [6, 6.07) is 11.2. The number of carbonyl (C=O) groups is 1. The monoisotopic (exact) mass is 334 g/mol. The second-order valence-electron chi connectivity index (χ2n) is 6.29. The van der Waals surface area contributed by atoms with Crippen LogP contribution in [0.2, 0.25) is 0 Å². The summed E-state index contributed by atoms with van der Waals surface area (Å²) in [6.07, 6.45) is 6.15. The second-order valence-corrected chi connectivity index (χ2v) is 6.29. The molecule has 0 aliphatic carbocycles. The lowest BCUT2D eigenvalue weighted by Gasteiger charge is -2.24. The molecule has 1 atom stereocenters. The highest BCUT2D eigenvalue weighted by atomic mass is 16.2. The van der Waals surface area contributed by atoms with E-state index in [2.05, 4.69) is 15.0 Å². The van der Waals surface area contributed by atoms with Gasteiger partial charge in [0.1, 0.15) is 0 Å². The first kappa shape index (κ1) is 15.5. The van der Waals surface area contributed by atoms with Crippen molar-refractivity contribution >= 4 is 16.9 Å². The summed E-state index contributed by atoms with van der Waals surface area (Å²) in [7, 11) is 0. The topological polar surface area (TPSA) is 79.0 Å². The summed E-state index contributed by atoms with van der Waals surface area (Å²) in [5.41, 5.74) is 1.88. The SMILES string of the molecule is O=C(c1nc2ccccc2[nH]c1=O)N1CCCC1Cc1cccnc1. The maximum Gasteiger partial charge on any atom is 0.280 e. The molecule has 1 fully saturated rings. The van der Waals surface area contributed by atoms with Gasteiger partial charge in [-0.2, -0.15) is 0 Å². The number of pyridine rings is 1. The summed E-state index contributed by atoms with van der Waals surface area (Å²) in [6.45, 7) is 0.651. The number of H-pyrrole nitrogens is 1. The highest BCUT2D eigenvalue weighted by Gasteiger charge is 2.31. The summed E-state index contributed by atoms with van der Waals surface area (Å²) >= 11 is 0. The lowest BCUT2D eigenvalue weighted by molar-refractivity contribution is 0.0729. The van der Waals surface area contributed by atoms with E-state index < -0.39 is 5.56 Å². The summed E-state index contributed by atoms with van der Waals surface area (Å²) < 4.78 is 0. The highest BCUT2D eigenvalue weighted by Crippen LogP contribution is 2.22. The largest absolute Gasteiger partial charge is 0.334 e. The van der Waals surface area contributed by atoms with Gasteiger partial charge in [0.15, 0.2) is 5.69 Å². The molecular weight excluding hydrogens is 316 g/mol. The molecule has 1 aromatic carbocycles. The molecular formula is C19H18N4O2. The molecule has 1 aliphatic rings. The van der Waals surface area contributed by atoms with E-state index in [0.717, 1.165) is 24.8 Å². The maximum absolute atomic E-state index is 12.9.